The van der Waals surface area contributed by atoms with Crippen LogP contribution in [0, 0.1) is 0 Å². The lowest BCUT2D eigenvalue weighted by molar-refractivity contribution is 0.0532. The SMILES string of the molecule is CCOC(=O)c1sc2nnc(-c3ccccc3)c(-c3ccccc3)c2c1-n1cccc1. The maximum atomic E-state index is 12.9. The molecule has 0 bridgehead atoms. The van der Waals surface area contributed by atoms with Crippen molar-refractivity contribution in [3.05, 3.63) is 90.1 Å². The van der Waals surface area contributed by atoms with Crippen LogP contribution in [-0.2, 0) is 4.74 Å². The molecule has 5 rings (SSSR count). The van der Waals surface area contributed by atoms with E-state index in [0.717, 1.165) is 33.5 Å². The third kappa shape index (κ3) is 3.41. The van der Waals surface area contributed by atoms with Gasteiger partial charge in [0, 0.05) is 28.9 Å². The summed E-state index contributed by atoms with van der Waals surface area (Å²) in [7, 11) is 0. The number of nitrogens with zero attached hydrogens (tertiary/aromatic N) is 3. The van der Waals surface area contributed by atoms with Crippen LogP contribution in [0.15, 0.2) is 85.2 Å². The van der Waals surface area contributed by atoms with Gasteiger partial charge in [0.25, 0.3) is 0 Å². The van der Waals surface area contributed by atoms with Crippen LogP contribution in [0.1, 0.15) is 16.6 Å². The Hall–Kier alpha value is -3.77. The molecule has 3 heterocycles. The fourth-order valence-corrected chi connectivity index (χ4v) is 4.74. The number of esters is 1. The number of aromatic nitrogens is 3. The van der Waals surface area contributed by atoms with E-state index in [2.05, 4.69) is 22.3 Å². The predicted molar refractivity (Wildman–Crippen MR) is 124 cm³/mol. The monoisotopic (exact) mass is 425 g/mol. The Morgan fingerprint density at radius 1 is 0.903 bits per heavy atom. The van der Waals surface area contributed by atoms with Gasteiger partial charge in [-0.25, -0.2) is 4.79 Å². The molecule has 0 unspecified atom stereocenters. The molecule has 0 N–H and O–H groups in total. The predicted octanol–water partition coefficient (Wildman–Crippen LogP) is 5.99. The van der Waals surface area contributed by atoms with Crippen LogP contribution in [0.5, 0.6) is 0 Å². The van der Waals surface area contributed by atoms with Crippen LogP contribution in [-0.4, -0.2) is 27.3 Å². The summed E-state index contributed by atoms with van der Waals surface area (Å²) in [6.07, 6.45) is 3.86. The molecule has 0 saturated carbocycles. The van der Waals surface area contributed by atoms with Gasteiger partial charge in [0.05, 0.1) is 12.3 Å². The lowest BCUT2D eigenvalue weighted by Crippen LogP contribution is -2.06. The highest BCUT2D eigenvalue weighted by molar-refractivity contribution is 7.21. The van der Waals surface area contributed by atoms with E-state index >= 15 is 0 Å². The summed E-state index contributed by atoms with van der Waals surface area (Å²) in [6.45, 7) is 2.12. The summed E-state index contributed by atoms with van der Waals surface area (Å²) in [5.41, 5.74) is 4.49. The first-order valence-corrected chi connectivity index (χ1v) is 10.8. The lowest BCUT2D eigenvalue weighted by atomic mass is 9.96. The van der Waals surface area contributed by atoms with Crippen molar-refractivity contribution in [2.24, 2.45) is 0 Å². The highest BCUT2D eigenvalue weighted by Crippen LogP contribution is 2.43. The van der Waals surface area contributed by atoms with Gasteiger partial charge in [-0.2, -0.15) is 0 Å². The molecule has 0 aliphatic carbocycles. The van der Waals surface area contributed by atoms with E-state index in [1.807, 2.05) is 84.5 Å². The van der Waals surface area contributed by atoms with E-state index in [-0.39, 0.29) is 5.97 Å². The summed E-state index contributed by atoms with van der Waals surface area (Å²) in [4.78, 5) is 14.1. The fourth-order valence-electron chi connectivity index (χ4n) is 3.72. The van der Waals surface area contributed by atoms with Gasteiger partial charge in [-0.15, -0.1) is 21.5 Å². The first-order valence-electron chi connectivity index (χ1n) is 10.0. The number of fused-ring (bicyclic) bond motifs is 1. The van der Waals surface area contributed by atoms with Crippen molar-refractivity contribution in [2.75, 3.05) is 6.61 Å². The van der Waals surface area contributed by atoms with Crippen molar-refractivity contribution in [1.82, 2.24) is 14.8 Å². The van der Waals surface area contributed by atoms with E-state index in [1.54, 1.807) is 0 Å². The molecular formula is C25H19N3O2S. The van der Waals surface area contributed by atoms with Crippen molar-refractivity contribution in [3.8, 4) is 28.1 Å². The number of rotatable bonds is 5. The molecule has 5 aromatic rings. The van der Waals surface area contributed by atoms with Gasteiger partial charge >= 0.3 is 5.97 Å². The van der Waals surface area contributed by atoms with Crippen LogP contribution < -0.4 is 0 Å². The van der Waals surface area contributed by atoms with Crippen LogP contribution in [0.2, 0.25) is 0 Å². The van der Waals surface area contributed by atoms with Gasteiger partial charge in [-0.1, -0.05) is 60.7 Å². The van der Waals surface area contributed by atoms with Crippen molar-refractivity contribution in [1.29, 1.82) is 0 Å². The van der Waals surface area contributed by atoms with Crippen LogP contribution in [0.25, 0.3) is 38.3 Å². The molecule has 0 amide bonds. The Bertz CT molecular complexity index is 1340. The molecule has 2 aromatic carbocycles. The third-order valence-electron chi connectivity index (χ3n) is 5.03. The van der Waals surface area contributed by atoms with E-state index in [1.165, 1.54) is 11.3 Å². The number of carbonyl (C=O) groups excluding carboxylic acids is 1. The smallest absolute Gasteiger partial charge is 0.350 e. The standard InChI is InChI=1S/C25H19N3O2S/c1-2-30-25(29)23-22(28-15-9-10-16-28)20-19(17-11-5-3-6-12-17)21(26-27-24(20)31-23)18-13-7-4-8-14-18/h3-16H,2H2,1H3. The molecule has 0 atom stereocenters. The molecule has 0 saturated heterocycles. The Morgan fingerprint density at radius 3 is 2.19 bits per heavy atom. The second-order valence-corrected chi connectivity index (χ2v) is 7.93. The van der Waals surface area contributed by atoms with E-state index in [4.69, 9.17) is 4.74 Å². The summed E-state index contributed by atoms with van der Waals surface area (Å²) in [6, 6.07) is 24.0. The molecule has 5 nitrogen and oxygen atoms in total. The average Bonchev–Trinajstić information content (AvgIpc) is 3.47. The van der Waals surface area contributed by atoms with Crippen LogP contribution in [0.3, 0.4) is 0 Å². The van der Waals surface area contributed by atoms with Gasteiger partial charge in [0.1, 0.15) is 15.4 Å². The van der Waals surface area contributed by atoms with Gasteiger partial charge in [-0.05, 0) is 24.6 Å². The first-order chi connectivity index (χ1) is 15.3. The largest absolute Gasteiger partial charge is 0.462 e. The Morgan fingerprint density at radius 2 is 1.55 bits per heavy atom. The fraction of sp³-hybridized carbons (Fsp3) is 0.0800. The number of benzene rings is 2. The number of hydrogen-bond acceptors (Lipinski definition) is 5. The molecule has 0 spiro atoms. The molecule has 6 heteroatoms. The van der Waals surface area contributed by atoms with Gasteiger partial charge in [0.15, 0.2) is 0 Å². The van der Waals surface area contributed by atoms with Crippen LogP contribution >= 0.6 is 11.3 Å². The number of hydrogen-bond donors (Lipinski definition) is 0. The molecule has 3 aromatic heterocycles. The Labute approximate surface area is 183 Å². The maximum Gasteiger partial charge on any atom is 0.350 e. The van der Waals surface area contributed by atoms with Gasteiger partial charge < -0.3 is 9.30 Å². The number of ether oxygens (including phenoxy) is 1. The molecule has 0 fully saturated rings. The van der Waals surface area contributed by atoms with E-state index < -0.39 is 0 Å². The Kier molecular flexibility index (Phi) is 5.06. The zero-order valence-electron chi connectivity index (χ0n) is 16.9. The van der Waals surface area contributed by atoms with Crippen molar-refractivity contribution in [3.63, 3.8) is 0 Å². The van der Waals surface area contributed by atoms with Crippen LogP contribution in [0.4, 0.5) is 0 Å². The summed E-state index contributed by atoms with van der Waals surface area (Å²) >= 11 is 1.31. The molecule has 0 radical (unpaired) electrons. The van der Waals surface area contributed by atoms with Gasteiger partial charge in [-0.3, -0.25) is 0 Å². The topological polar surface area (TPSA) is 57.0 Å². The molecule has 0 aliphatic heterocycles. The van der Waals surface area contributed by atoms with E-state index in [9.17, 15) is 4.79 Å². The molecular weight excluding hydrogens is 406 g/mol. The Balaban J connectivity index is 1.92. The van der Waals surface area contributed by atoms with Crippen molar-refractivity contribution >= 4 is 27.5 Å². The number of carbonyl (C=O) groups is 1. The lowest BCUT2D eigenvalue weighted by Gasteiger charge is -2.13. The molecule has 31 heavy (non-hydrogen) atoms. The second kappa shape index (κ2) is 8.16. The number of thiophene rings is 1. The highest BCUT2D eigenvalue weighted by Gasteiger charge is 2.26. The molecule has 152 valence electrons. The third-order valence-corrected chi connectivity index (χ3v) is 6.07. The summed E-state index contributed by atoms with van der Waals surface area (Å²) < 4.78 is 7.32. The van der Waals surface area contributed by atoms with E-state index in [0.29, 0.717) is 16.3 Å². The minimum Gasteiger partial charge on any atom is -0.462 e. The van der Waals surface area contributed by atoms with Crippen molar-refractivity contribution < 1.29 is 9.53 Å². The zero-order valence-corrected chi connectivity index (χ0v) is 17.7. The van der Waals surface area contributed by atoms with Gasteiger partial charge in [0.2, 0.25) is 0 Å². The normalized spacial score (nSPS) is 11.0. The quantitative estimate of drug-likeness (QED) is 0.324. The summed E-state index contributed by atoms with van der Waals surface area (Å²) in [5, 5.41) is 10.0. The second-order valence-electron chi connectivity index (χ2n) is 6.93. The highest BCUT2D eigenvalue weighted by atomic mass is 32.1. The van der Waals surface area contributed by atoms with Crippen molar-refractivity contribution in [2.45, 2.75) is 6.92 Å². The maximum absolute atomic E-state index is 12.9. The minimum absolute atomic E-state index is 0.310. The molecule has 0 aliphatic rings. The average molecular weight is 426 g/mol. The first kappa shape index (κ1) is 19.2. The zero-order chi connectivity index (χ0) is 21.2. The summed E-state index contributed by atoms with van der Waals surface area (Å²) in [5.74, 6) is -0.352. The minimum atomic E-state index is -0.352.